The van der Waals surface area contributed by atoms with Gasteiger partial charge in [0.15, 0.2) is 0 Å². The molecular formula is C15H22N2O2. The number of para-hydroxylation sites is 1. The third-order valence-corrected chi connectivity index (χ3v) is 4.07. The number of hydrogen-bond acceptors (Lipinski definition) is 3. The van der Waals surface area contributed by atoms with E-state index in [2.05, 4.69) is 18.3 Å². The molecule has 1 aliphatic rings. The quantitative estimate of drug-likeness (QED) is 0.889. The van der Waals surface area contributed by atoms with E-state index in [1.165, 1.54) is 0 Å². The number of ether oxygens (including phenoxy) is 1. The number of methoxy groups -OCH3 is 1. The van der Waals surface area contributed by atoms with Crippen LogP contribution in [-0.2, 0) is 10.3 Å². The molecule has 0 bridgehead atoms. The van der Waals surface area contributed by atoms with Crippen molar-refractivity contribution in [2.45, 2.75) is 32.2 Å². The minimum Gasteiger partial charge on any atom is -0.495 e. The molecule has 1 heterocycles. The van der Waals surface area contributed by atoms with Crippen LogP contribution >= 0.6 is 0 Å². The molecule has 0 saturated carbocycles. The van der Waals surface area contributed by atoms with Crippen LogP contribution in [0, 0.1) is 0 Å². The summed E-state index contributed by atoms with van der Waals surface area (Å²) in [5.74, 6) is 0.821. The van der Waals surface area contributed by atoms with Gasteiger partial charge >= 0.3 is 0 Å². The molecule has 19 heavy (non-hydrogen) atoms. The van der Waals surface area contributed by atoms with Crippen molar-refractivity contribution >= 4 is 11.6 Å². The predicted molar refractivity (Wildman–Crippen MR) is 76.7 cm³/mol. The lowest BCUT2D eigenvalue weighted by atomic mass is 9.87. The molecule has 1 N–H and O–H groups in total. The third-order valence-electron chi connectivity index (χ3n) is 4.07. The minimum atomic E-state index is -0.131. The molecule has 0 aliphatic carbocycles. The summed E-state index contributed by atoms with van der Waals surface area (Å²) in [5.41, 5.74) is 1.91. The second-order valence-corrected chi connectivity index (χ2v) is 5.21. The van der Waals surface area contributed by atoms with Gasteiger partial charge < -0.3 is 15.0 Å². The van der Waals surface area contributed by atoms with Gasteiger partial charge in [0.2, 0.25) is 5.91 Å². The van der Waals surface area contributed by atoms with E-state index in [0.717, 1.165) is 36.4 Å². The zero-order chi connectivity index (χ0) is 14.0. The summed E-state index contributed by atoms with van der Waals surface area (Å²) in [7, 11) is 3.61. The van der Waals surface area contributed by atoms with E-state index >= 15 is 0 Å². The van der Waals surface area contributed by atoms with E-state index in [1.54, 1.807) is 14.0 Å². The second kappa shape index (κ2) is 5.21. The molecular weight excluding hydrogens is 240 g/mol. The van der Waals surface area contributed by atoms with Gasteiger partial charge in [-0.05, 0) is 38.4 Å². The Balaban J connectivity index is 2.67. The summed E-state index contributed by atoms with van der Waals surface area (Å²) in [6, 6.07) is 5.97. The minimum absolute atomic E-state index is 0.0612. The summed E-state index contributed by atoms with van der Waals surface area (Å²) in [5, 5.41) is 3.39. The van der Waals surface area contributed by atoms with Crippen molar-refractivity contribution in [2.75, 3.05) is 25.6 Å². The Hall–Kier alpha value is -1.55. The highest BCUT2D eigenvalue weighted by molar-refractivity contribution is 5.94. The Morgan fingerprint density at radius 3 is 2.79 bits per heavy atom. The van der Waals surface area contributed by atoms with E-state index in [9.17, 15) is 4.79 Å². The highest BCUT2D eigenvalue weighted by Gasteiger charge is 2.34. The Morgan fingerprint density at radius 1 is 1.47 bits per heavy atom. The van der Waals surface area contributed by atoms with E-state index in [-0.39, 0.29) is 11.4 Å². The number of rotatable bonds is 2. The van der Waals surface area contributed by atoms with Crippen LogP contribution in [0.1, 0.15) is 32.3 Å². The average Bonchev–Trinajstić information content (AvgIpc) is 2.56. The zero-order valence-electron chi connectivity index (χ0n) is 12.1. The fourth-order valence-corrected chi connectivity index (χ4v) is 2.82. The SMILES string of the molecule is CNC1(C)CCCN(C(C)=O)c2c(OC)cccc21. The Labute approximate surface area is 114 Å². The van der Waals surface area contributed by atoms with Crippen molar-refractivity contribution in [1.82, 2.24) is 5.32 Å². The number of benzene rings is 1. The number of fused-ring (bicyclic) bond motifs is 1. The maximum atomic E-state index is 11.9. The number of hydrogen-bond donors (Lipinski definition) is 1. The van der Waals surface area contributed by atoms with Crippen LogP contribution in [0.4, 0.5) is 5.69 Å². The number of amides is 1. The second-order valence-electron chi connectivity index (χ2n) is 5.21. The summed E-state index contributed by atoms with van der Waals surface area (Å²) >= 11 is 0. The fraction of sp³-hybridized carbons (Fsp3) is 0.533. The van der Waals surface area contributed by atoms with Crippen molar-refractivity contribution in [2.24, 2.45) is 0 Å². The first-order valence-corrected chi connectivity index (χ1v) is 6.68. The van der Waals surface area contributed by atoms with E-state index in [4.69, 9.17) is 4.74 Å². The molecule has 4 nitrogen and oxygen atoms in total. The summed E-state index contributed by atoms with van der Waals surface area (Å²) in [6.07, 6.45) is 1.96. The standard InChI is InChI=1S/C15H22N2O2/c1-11(18)17-10-6-9-15(2,16-3)12-7-5-8-13(19-4)14(12)17/h5,7-8,16H,6,9-10H2,1-4H3. The largest absolute Gasteiger partial charge is 0.495 e. The molecule has 0 fully saturated rings. The summed E-state index contributed by atoms with van der Waals surface area (Å²) in [4.78, 5) is 13.8. The van der Waals surface area contributed by atoms with Gasteiger partial charge in [0.05, 0.1) is 12.8 Å². The summed E-state index contributed by atoms with van der Waals surface area (Å²) < 4.78 is 5.46. The number of nitrogens with one attached hydrogen (secondary N) is 1. The third kappa shape index (κ3) is 2.32. The molecule has 1 atom stereocenters. The molecule has 1 aromatic carbocycles. The molecule has 4 heteroatoms. The van der Waals surface area contributed by atoms with Crippen molar-refractivity contribution < 1.29 is 9.53 Å². The van der Waals surface area contributed by atoms with Crippen LogP contribution in [0.2, 0.25) is 0 Å². The topological polar surface area (TPSA) is 41.6 Å². The molecule has 0 spiro atoms. The van der Waals surface area contributed by atoms with Crippen LogP contribution in [-0.4, -0.2) is 26.6 Å². The fourth-order valence-electron chi connectivity index (χ4n) is 2.82. The molecule has 0 aromatic heterocycles. The molecule has 1 aliphatic heterocycles. The number of anilines is 1. The Kier molecular flexibility index (Phi) is 3.80. The first-order valence-electron chi connectivity index (χ1n) is 6.68. The lowest BCUT2D eigenvalue weighted by Crippen LogP contribution is -2.37. The van der Waals surface area contributed by atoms with Crippen LogP contribution in [0.5, 0.6) is 5.75 Å². The highest BCUT2D eigenvalue weighted by Crippen LogP contribution is 2.42. The number of nitrogens with zero attached hydrogens (tertiary/aromatic N) is 1. The molecule has 1 unspecified atom stereocenters. The molecule has 2 rings (SSSR count). The van der Waals surface area contributed by atoms with Crippen LogP contribution in [0.25, 0.3) is 0 Å². The van der Waals surface area contributed by atoms with Crippen molar-refractivity contribution in [3.8, 4) is 5.75 Å². The Bertz CT molecular complexity index is 487. The maximum Gasteiger partial charge on any atom is 0.223 e. The average molecular weight is 262 g/mol. The Morgan fingerprint density at radius 2 is 2.21 bits per heavy atom. The first-order chi connectivity index (χ1) is 9.03. The lowest BCUT2D eigenvalue weighted by molar-refractivity contribution is -0.116. The normalized spacial score (nSPS) is 22.6. The van der Waals surface area contributed by atoms with Gasteiger partial charge in [-0.3, -0.25) is 4.79 Å². The van der Waals surface area contributed by atoms with Crippen LogP contribution < -0.4 is 15.0 Å². The molecule has 0 saturated heterocycles. The van der Waals surface area contributed by atoms with E-state index < -0.39 is 0 Å². The number of carbonyl (C=O) groups excluding carboxylic acids is 1. The number of carbonyl (C=O) groups is 1. The highest BCUT2D eigenvalue weighted by atomic mass is 16.5. The van der Waals surface area contributed by atoms with Gasteiger partial charge in [-0.1, -0.05) is 12.1 Å². The lowest BCUT2D eigenvalue weighted by Gasteiger charge is -2.31. The van der Waals surface area contributed by atoms with Gasteiger partial charge in [0.1, 0.15) is 5.75 Å². The van der Waals surface area contributed by atoms with Crippen LogP contribution in [0.15, 0.2) is 18.2 Å². The first kappa shape index (κ1) is 13.9. The molecule has 104 valence electrons. The summed E-state index contributed by atoms with van der Waals surface area (Å²) in [6.45, 7) is 4.52. The van der Waals surface area contributed by atoms with Crippen molar-refractivity contribution in [3.05, 3.63) is 23.8 Å². The molecule has 1 amide bonds. The van der Waals surface area contributed by atoms with Gasteiger partial charge in [0, 0.05) is 19.0 Å². The van der Waals surface area contributed by atoms with E-state index in [0.29, 0.717) is 0 Å². The van der Waals surface area contributed by atoms with Crippen LogP contribution in [0.3, 0.4) is 0 Å². The zero-order valence-corrected chi connectivity index (χ0v) is 12.1. The predicted octanol–water partition coefficient (Wildman–Crippen LogP) is 2.28. The van der Waals surface area contributed by atoms with Gasteiger partial charge in [-0.15, -0.1) is 0 Å². The van der Waals surface area contributed by atoms with Crippen molar-refractivity contribution in [3.63, 3.8) is 0 Å². The smallest absolute Gasteiger partial charge is 0.223 e. The monoisotopic (exact) mass is 262 g/mol. The van der Waals surface area contributed by atoms with Gasteiger partial charge in [-0.25, -0.2) is 0 Å². The molecule has 1 aromatic rings. The van der Waals surface area contributed by atoms with E-state index in [1.807, 2.05) is 24.1 Å². The van der Waals surface area contributed by atoms with Gasteiger partial charge in [-0.2, -0.15) is 0 Å². The van der Waals surface area contributed by atoms with Gasteiger partial charge in [0.25, 0.3) is 0 Å². The molecule has 0 radical (unpaired) electrons. The maximum absolute atomic E-state index is 11.9. The van der Waals surface area contributed by atoms with Crippen molar-refractivity contribution in [1.29, 1.82) is 0 Å².